The minimum Gasteiger partial charge on any atom is -0.347 e. The van der Waals surface area contributed by atoms with Gasteiger partial charge in [0.2, 0.25) is 5.91 Å². The second-order valence-corrected chi connectivity index (χ2v) is 9.84. The summed E-state index contributed by atoms with van der Waals surface area (Å²) in [5.74, 6) is -4.61. The largest absolute Gasteiger partial charge is 0.405 e. The second-order valence-electron chi connectivity index (χ2n) is 7.77. The number of carbonyl (C=O) groups excluding carboxylic acids is 2. The van der Waals surface area contributed by atoms with Gasteiger partial charge in [-0.25, -0.2) is 0 Å². The predicted octanol–water partition coefficient (Wildman–Crippen LogP) is 8.66. The summed E-state index contributed by atoms with van der Waals surface area (Å²) in [5, 5.41) is 1.41. The zero-order valence-electron chi connectivity index (χ0n) is 18.2. The molecule has 13 heteroatoms. The number of nitrogens with one attached hydrogen (secondary N) is 1. The molecule has 1 unspecified atom stereocenters. The molecule has 0 aromatic heterocycles. The minimum atomic E-state index is -4.70. The minimum absolute atomic E-state index is 0.00617. The summed E-state index contributed by atoms with van der Waals surface area (Å²) in [7, 11) is 0. The number of alkyl halides is 6. The first-order valence-corrected chi connectivity index (χ1v) is 12.0. The lowest BCUT2D eigenvalue weighted by atomic mass is 9.96. The summed E-state index contributed by atoms with van der Waals surface area (Å²) in [6.07, 6.45) is -7.59. The molecule has 0 radical (unpaired) electrons. The molecular formula is C23H17BrCl3F6NO2. The van der Waals surface area contributed by atoms with Crippen molar-refractivity contribution in [3.63, 3.8) is 0 Å². The van der Waals surface area contributed by atoms with E-state index in [0.717, 1.165) is 18.2 Å². The van der Waals surface area contributed by atoms with Gasteiger partial charge in [0.05, 0.1) is 16.0 Å². The van der Waals surface area contributed by atoms with Gasteiger partial charge in [0.15, 0.2) is 5.78 Å². The van der Waals surface area contributed by atoms with Gasteiger partial charge in [0, 0.05) is 27.4 Å². The molecule has 0 heterocycles. The molecule has 3 nitrogen and oxygen atoms in total. The highest BCUT2D eigenvalue weighted by Crippen LogP contribution is 2.42. The molecule has 1 amide bonds. The maximum atomic E-state index is 13.7. The summed E-state index contributed by atoms with van der Waals surface area (Å²) >= 11 is 20.8. The van der Waals surface area contributed by atoms with Crippen molar-refractivity contribution in [2.75, 3.05) is 6.54 Å². The quantitative estimate of drug-likeness (QED) is 0.179. The van der Waals surface area contributed by atoms with Crippen LogP contribution < -0.4 is 5.32 Å². The summed E-state index contributed by atoms with van der Waals surface area (Å²) in [6, 6.07) is 6.27. The van der Waals surface area contributed by atoms with E-state index in [1.807, 2.05) is 0 Å². The first-order valence-electron chi connectivity index (χ1n) is 10.1. The molecule has 0 aliphatic rings. The Morgan fingerprint density at radius 2 is 1.61 bits per heavy atom. The monoisotopic (exact) mass is 637 g/mol. The molecule has 196 valence electrons. The van der Waals surface area contributed by atoms with Gasteiger partial charge in [0.1, 0.15) is 6.54 Å². The lowest BCUT2D eigenvalue weighted by Gasteiger charge is -2.19. The van der Waals surface area contributed by atoms with Crippen LogP contribution in [0.1, 0.15) is 40.7 Å². The second kappa shape index (κ2) is 12.2. The third-order valence-corrected chi connectivity index (χ3v) is 6.61. The average molecular weight is 640 g/mol. The molecule has 0 saturated carbocycles. The van der Waals surface area contributed by atoms with Crippen molar-refractivity contribution in [3.05, 3.63) is 72.6 Å². The Kier molecular flexibility index (Phi) is 10.3. The Hall–Kier alpha value is -1.75. The lowest BCUT2D eigenvalue weighted by molar-refractivity contribution is -0.140. The highest BCUT2D eigenvalue weighted by Gasteiger charge is 2.40. The SMILES string of the molecule is C[C@@H](CC(=O)c1ccc(/C=C/C(c2cc(Cl)c(Cl)cc2Cl)C(F)(F)F)cc1Br)C(=O)NCC(F)(F)F. The number of hydrogen-bond acceptors (Lipinski definition) is 2. The van der Waals surface area contributed by atoms with Crippen molar-refractivity contribution in [1.82, 2.24) is 5.32 Å². The molecule has 0 fully saturated rings. The van der Waals surface area contributed by atoms with Gasteiger partial charge in [-0.15, -0.1) is 0 Å². The number of carbonyl (C=O) groups is 2. The molecule has 0 aliphatic carbocycles. The molecule has 2 atom stereocenters. The van der Waals surface area contributed by atoms with Crippen molar-refractivity contribution in [1.29, 1.82) is 0 Å². The van der Waals surface area contributed by atoms with Crippen molar-refractivity contribution >= 4 is 68.5 Å². The fourth-order valence-corrected chi connectivity index (χ4v) is 4.37. The van der Waals surface area contributed by atoms with E-state index in [1.54, 1.807) is 5.32 Å². The van der Waals surface area contributed by atoms with E-state index in [1.165, 1.54) is 31.2 Å². The fourth-order valence-electron chi connectivity index (χ4n) is 3.08. The Morgan fingerprint density at radius 3 is 2.17 bits per heavy atom. The van der Waals surface area contributed by atoms with E-state index in [9.17, 15) is 35.9 Å². The van der Waals surface area contributed by atoms with Crippen LogP contribution in [0.5, 0.6) is 0 Å². The highest BCUT2D eigenvalue weighted by atomic mass is 79.9. The summed E-state index contributed by atoms with van der Waals surface area (Å²) < 4.78 is 78.2. The predicted molar refractivity (Wildman–Crippen MR) is 131 cm³/mol. The Bertz CT molecular complexity index is 1170. The van der Waals surface area contributed by atoms with Crippen LogP contribution in [0.15, 0.2) is 40.9 Å². The molecule has 0 aliphatic heterocycles. The Labute approximate surface area is 225 Å². The number of hydrogen-bond donors (Lipinski definition) is 1. The molecule has 1 N–H and O–H groups in total. The molecule has 0 bridgehead atoms. The van der Waals surface area contributed by atoms with E-state index in [-0.39, 0.29) is 37.1 Å². The maximum Gasteiger partial charge on any atom is 0.405 e. The maximum absolute atomic E-state index is 13.7. The molecule has 2 aromatic rings. The molecule has 0 spiro atoms. The molecule has 36 heavy (non-hydrogen) atoms. The standard InChI is InChI=1S/C23H17BrCl3F6NO2/c1-11(21(36)34-10-22(28,29)30)6-20(35)13-4-2-12(7-16(13)24)3-5-15(23(31,32)33)14-8-18(26)19(27)9-17(14)25/h2-5,7-9,11,15H,6,10H2,1H3,(H,34,36)/b5-3+/t11-,15?/m0/s1. The first-order chi connectivity index (χ1) is 16.5. The van der Waals surface area contributed by atoms with Crippen LogP contribution in [0, 0.1) is 5.92 Å². The fraction of sp³-hybridized carbons (Fsp3) is 0.304. The van der Waals surface area contributed by atoms with E-state index in [4.69, 9.17) is 34.8 Å². The number of allylic oxidation sites excluding steroid dienone is 1. The van der Waals surface area contributed by atoms with Crippen molar-refractivity contribution in [2.45, 2.75) is 31.6 Å². The summed E-state index contributed by atoms with van der Waals surface area (Å²) in [6.45, 7) is -0.207. The molecule has 2 aromatic carbocycles. The van der Waals surface area contributed by atoms with Gasteiger partial charge in [0.25, 0.3) is 0 Å². The van der Waals surface area contributed by atoms with Crippen LogP contribution in [-0.4, -0.2) is 30.6 Å². The zero-order chi connectivity index (χ0) is 27.4. The van der Waals surface area contributed by atoms with Crippen LogP contribution in [0.3, 0.4) is 0 Å². The number of rotatable bonds is 8. The van der Waals surface area contributed by atoms with E-state index < -0.39 is 42.4 Å². The van der Waals surface area contributed by atoms with Gasteiger partial charge in [-0.3, -0.25) is 9.59 Å². The van der Waals surface area contributed by atoms with Crippen LogP contribution >= 0.6 is 50.7 Å². The topological polar surface area (TPSA) is 46.2 Å². The van der Waals surface area contributed by atoms with Crippen LogP contribution in [0.25, 0.3) is 6.08 Å². The number of benzene rings is 2. The molecule has 0 saturated heterocycles. The number of amides is 1. The number of ketones is 1. The highest BCUT2D eigenvalue weighted by molar-refractivity contribution is 9.10. The van der Waals surface area contributed by atoms with Gasteiger partial charge >= 0.3 is 12.4 Å². The normalized spacial score (nSPS) is 14.1. The third kappa shape index (κ3) is 8.68. The number of halogens is 10. The summed E-state index contributed by atoms with van der Waals surface area (Å²) in [4.78, 5) is 24.3. The molecule has 2 rings (SSSR count). The molecular weight excluding hydrogens is 623 g/mol. The van der Waals surface area contributed by atoms with E-state index in [2.05, 4.69) is 15.9 Å². The average Bonchev–Trinajstić information content (AvgIpc) is 2.74. The van der Waals surface area contributed by atoms with Crippen molar-refractivity contribution in [2.24, 2.45) is 5.92 Å². The lowest BCUT2D eigenvalue weighted by Crippen LogP contribution is -2.37. The first kappa shape index (κ1) is 30.5. The van der Waals surface area contributed by atoms with Gasteiger partial charge in [-0.1, -0.05) is 75.9 Å². The Morgan fingerprint density at radius 1 is 1.00 bits per heavy atom. The smallest absolute Gasteiger partial charge is 0.347 e. The number of Topliss-reactive ketones (excluding diaryl/α,β-unsaturated/α-hetero) is 1. The zero-order valence-corrected chi connectivity index (χ0v) is 22.1. The Balaban J connectivity index is 2.20. The van der Waals surface area contributed by atoms with Crippen molar-refractivity contribution in [3.8, 4) is 0 Å². The van der Waals surface area contributed by atoms with Gasteiger partial charge < -0.3 is 5.32 Å². The van der Waals surface area contributed by atoms with E-state index >= 15 is 0 Å². The van der Waals surface area contributed by atoms with Crippen molar-refractivity contribution < 1.29 is 35.9 Å². The van der Waals surface area contributed by atoms with Crippen LogP contribution in [0.4, 0.5) is 26.3 Å². The third-order valence-electron chi connectivity index (χ3n) is 4.90. The van der Waals surface area contributed by atoms with Gasteiger partial charge in [-0.05, 0) is 35.4 Å². The van der Waals surface area contributed by atoms with E-state index in [0.29, 0.717) is 5.56 Å². The van der Waals surface area contributed by atoms with Crippen LogP contribution in [0.2, 0.25) is 15.1 Å². The van der Waals surface area contributed by atoms with Crippen LogP contribution in [-0.2, 0) is 4.79 Å². The summed E-state index contributed by atoms with van der Waals surface area (Å²) in [5.41, 5.74) is 0.126. The van der Waals surface area contributed by atoms with Gasteiger partial charge in [-0.2, -0.15) is 26.3 Å².